The van der Waals surface area contributed by atoms with E-state index in [2.05, 4.69) is 5.32 Å². The highest BCUT2D eigenvalue weighted by atomic mass is 16.5. The van der Waals surface area contributed by atoms with Crippen LogP contribution in [0.4, 0.5) is 0 Å². The number of carboxylic acids is 1. The first-order valence-corrected chi connectivity index (χ1v) is 3.74. The summed E-state index contributed by atoms with van der Waals surface area (Å²) >= 11 is 0. The molecule has 5 heteroatoms. The van der Waals surface area contributed by atoms with E-state index in [-0.39, 0.29) is 0 Å². The lowest BCUT2D eigenvalue weighted by Crippen LogP contribution is -2.54. The summed E-state index contributed by atoms with van der Waals surface area (Å²) in [6.07, 6.45) is 1.10. The maximum absolute atomic E-state index is 10.8. The minimum atomic E-state index is -1.10. The van der Waals surface area contributed by atoms with Crippen LogP contribution in [-0.2, 0) is 14.3 Å². The van der Waals surface area contributed by atoms with Crippen molar-refractivity contribution in [2.45, 2.75) is 18.4 Å². The van der Waals surface area contributed by atoms with Gasteiger partial charge >= 0.3 is 5.97 Å². The predicted octanol–water partition coefficient (Wildman–Crippen LogP) is -0.634. The summed E-state index contributed by atoms with van der Waals surface area (Å²) in [5.74, 6) is -0.988. The molecule has 1 aliphatic heterocycles. The predicted molar refractivity (Wildman–Crippen MR) is 39.6 cm³/mol. The normalized spacial score (nSPS) is 21.3. The second-order valence-corrected chi connectivity index (χ2v) is 2.76. The standard InChI is InChI=1S/C7H11NO4/c9-5-8-7(6(10)11)1-3-12-4-2-7/h5H,1-4H2,(H,8,9)(H,10,11). The Labute approximate surface area is 69.7 Å². The Morgan fingerprint density at radius 1 is 1.50 bits per heavy atom. The number of rotatable bonds is 3. The number of carbonyl (C=O) groups excluding carboxylic acids is 1. The Morgan fingerprint density at radius 3 is 2.50 bits per heavy atom. The van der Waals surface area contributed by atoms with E-state index in [1.165, 1.54) is 0 Å². The maximum atomic E-state index is 10.8. The molecule has 0 aliphatic carbocycles. The van der Waals surface area contributed by atoms with Gasteiger partial charge in [0, 0.05) is 26.1 Å². The number of carbonyl (C=O) groups is 2. The van der Waals surface area contributed by atoms with E-state index in [0.717, 1.165) is 0 Å². The fourth-order valence-corrected chi connectivity index (χ4v) is 1.25. The van der Waals surface area contributed by atoms with Crippen LogP contribution in [-0.4, -0.2) is 36.2 Å². The number of nitrogens with one attached hydrogen (secondary N) is 1. The van der Waals surface area contributed by atoms with Crippen LogP contribution in [0.1, 0.15) is 12.8 Å². The molecule has 0 saturated carbocycles. The summed E-state index contributed by atoms with van der Waals surface area (Å²) in [5.41, 5.74) is -1.10. The topological polar surface area (TPSA) is 75.6 Å². The van der Waals surface area contributed by atoms with E-state index in [1.54, 1.807) is 0 Å². The minimum Gasteiger partial charge on any atom is -0.480 e. The maximum Gasteiger partial charge on any atom is 0.329 e. The van der Waals surface area contributed by atoms with E-state index in [0.29, 0.717) is 32.5 Å². The third-order valence-electron chi connectivity index (χ3n) is 2.09. The van der Waals surface area contributed by atoms with Crippen molar-refractivity contribution in [1.29, 1.82) is 0 Å². The van der Waals surface area contributed by atoms with Gasteiger partial charge in [-0.3, -0.25) is 4.79 Å². The van der Waals surface area contributed by atoms with Crippen LogP contribution in [0, 0.1) is 0 Å². The van der Waals surface area contributed by atoms with Crippen molar-refractivity contribution in [3.05, 3.63) is 0 Å². The Kier molecular flexibility index (Phi) is 2.65. The average molecular weight is 173 g/mol. The zero-order valence-corrected chi connectivity index (χ0v) is 6.58. The molecule has 0 atom stereocenters. The van der Waals surface area contributed by atoms with Crippen LogP contribution in [0.2, 0.25) is 0 Å². The molecular formula is C7H11NO4. The quantitative estimate of drug-likeness (QED) is 0.557. The van der Waals surface area contributed by atoms with E-state index in [9.17, 15) is 9.59 Å². The van der Waals surface area contributed by atoms with Gasteiger partial charge in [0.25, 0.3) is 0 Å². The molecule has 0 aromatic rings. The van der Waals surface area contributed by atoms with Crippen molar-refractivity contribution in [1.82, 2.24) is 5.32 Å². The van der Waals surface area contributed by atoms with E-state index in [4.69, 9.17) is 9.84 Å². The smallest absolute Gasteiger partial charge is 0.329 e. The van der Waals surface area contributed by atoms with Crippen molar-refractivity contribution >= 4 is 12.4 Å². The van der Waals surface area contributed by atoms with Crippen molar-refractivity contribution in [2.75, 3.05) is 13.2 Å². The van der Waals surface area contributed by atoms with Crippen LogP contribution < -0.4 is 5.32 Å². The number of aliphatic carboxylic acids is 1. The number of amides is 1. The monoisotopic (exact) mass is 173 g/mol. The summed E-state index contributed by atoms with van der Waals surface area (Å²) in [6, 6.07) is 0. The number of ether oxygens (including phenoxy) is 1. The minimum absolute atomic E-state index is 0.334. The summed E-state index contributed by atoms with van der Waals surface area (Å²) in [4.78, 5) is 21.0. The van der Waals surface area contributed by atoms with Gasteiger partial charge in [0.05, 0.1) is 0 Å². The Hall–Kier alpha value is -1.10. The van der Waals surface area contributed by atoms with Crippen molar-refractivity contribution in [3.8, 4) is 0 Å². The Morgan fingerprint density at radius 2 is 2.08 bits per heavy atom. The molecule has 0 bridgehead atoms. The van der Waals surface area contributed by atoms with Crippen LogP contribution in [0.15, 0.2) is 0 Å². The second kappa shape index (κ2) is 3.53. The fourth-order valence-electron chi connectivity index (χ4n) is 1.25. The zero-order chi connectivity index (χ0) is 9.03. The van der Waals surface area contributed by atoms with Crippen LogP contribution in [0.5, 0.6) is 0 Å². The summed E-state index contributed by atoms with van der Waals surface area (Å²) < 4.78 is 5.00. The molecule has 0 aromatic heterocycles. The molecule has 12 heavy (non-hydrogen) atoms. The number of hydrogen-bond acceptors (Lipinski definition) is 3. The molecule has 0 unspecified atom stereocenters. The fraction of sp³-hybridized carbons (Fsp3) is 0.714. The Bertz CT molecular complexity index is 186. The third-order valence-corrected chi connectivity index (χ3v) is 2.09. The first kappa shape index (κ1) is 8.99. The molecule has 1 amide bonds. The number of carboxylic acid groups (broad SMARTS) is 1. The lowest BCUT2D eigenvalue weighted by molar-refractivity contribution is -0.150. The first-order chi connectivity index (χ1) is 5.71. The Balaban J connectivity index is 2.69. The van der Waals surface area contributed by atoms with Crippen LogP contribution in [0.25, 0.3) is 0 Å². The molecule has 0 aromatic carbocycles. The van der Waals surface area contributed by atoms with Gasteiger partial charge in [-0.15, -0.1) is 0 Å². The molecule has 1 fully saturated rings. The van der Waals surface area contributed by atoms with Gasteiger partial charge in [-0.25, -0.2) is 4.79 Å². The third kappa shape index (κ3) is 1.55. The number of hydrogen-bond donors (Lipinski definition) is 2. The SMILES string of the molecule is O=CNC1(C(=O)O)CCOCC1. The van der Waals surface area contributed by atoms with Crippen molar-refractivity contribution in [3.63, 3.8) is 0 Å². The van der Waals surface area contributed by atoms with Crippen LogP contribution in [0.3, 0.4) is 0 Å². The van der Waals surface area contributed by atoms with Crippen LogP contribution >= 0.6 is 0 Å². The molecule has 1 heterocycles. The summed E-state index contributed by atoms with van der Waals surface area (Å²) in [5, 5.41) is 11.2. The van der Waals surface area contributed by atoms with Gasteiger partial charge < -0.3 is 15.2 Å². The second-order valence-electron chi connectivity index (χ2n) is 2.76. The van der Waals surface area contributed by atoms with Crippen molar-refractivity contribution in [2.24, 2.45) is 0 Å². The largest absolute Gasteiger partial charge is 0.480 e. The van der Waals surface area contributed by atoms with Gasteiger partial charge in [0.1, 0.15) is 5.54 Å². The van der Waals surface area contributed by atoms with Gasteiger partial charge in [-0.2, -0.15) is 0 Å². The molecule has 1 aliphatic rings. The lowest BCUT2D eigenvalue weighted by Gasteiger charge is -2.32. The highest BCUT2D eigenvalue weighted by Gasteiger charge is 2.39. The zero-order valence-electron chi connectivity index (χ0n) is 6.58. The molecular weight excluding hydrogens is 162 g/mol. The van der Waals surface area contributed by atoms with E-state index in [1.807, 2.05) is 0 Å². The average Bonchev–Trinajstić information content (AvgIpc) is 2.06. The van der Waals surface area contributed by atoms with Gasteiger partial charge in [0.15, 0.2) is 0 Å². The molecule has 68 valence electrons. The molecule has 5 nitrogen and oxygen atoms in total. The van der Waals surface area contributed by atoms with Crippen molar-refractivity contribution < 1.29 is 19.4 Å². The molecule has 2 N–H and O–H groups in total. The highest BCUT2D eigenvalue weighted by Crippen LogP contribution is 2.20. The van der Waals surface area contributed by atoms with Gasteiger partial charge in [-0.1, -0.05) is 0 Å². The molecule has 0 spiro atoms. The van der Waals surface area contributed by atoms with E-state index >= 15 is 0 Å². The van der Waals surface area contributed by atoms with E-state index < -0.39 is 11.5 Å². The molecule has 1 saturated heterocycles. The van der Waals surface area contributed by atoms with Gasteiger partial charge in [0.2, 0.25) is 6.41 Å². The molecule has 0 radical (unpaired) electrons. The first-order valence-electron chi connectivity index (χ1n) is 3.74. The lowest BCUT2D eigenvalue weighted by atomic mass is 9.90. The summed E-state index contributed by atoms with van der Waals surface area (Å²) in [6.45, 7) is 0.764. The highest BCUT2D eigenvalue weighted by molar-refractivity contribution is 5.81. The molecule has 1 rings (SSSR count). The summed E-state index contributed by atoms with van der Waals surface area (Å²) in [7, 11) is 0. The van der Waals surface area contributed by atoms with Gasteiger partial charge in [-0.05, 0) is 0 Å².